The van der Waals surface area contributed by atoms with E-state index >= 15 is 0 Å². The molecule has 5 nitrogen and oxygen atoms in total. The van der Waals surface area contributed by atoms with Crippen molar-refractivity contribution in [1.82, 2.24) is 15.1 Å². The van der Waals surface area contributed by atoms with Crippen molar-refractivity contribution in [3.05, 3.63) is 76.1 Å². The maximum absolute atomic E-state index is 13.1. The van der Waals surface area contributed by atoms with Crippen molar-refractivity contribution in [2.75, 3.05) is 18.4 Å². The summed E-state index contributed by atoms with van der Waals surface area (Å²) >= 11 is 6.36. The van der Waals surface area contributed by atoms with Gasteiger partial charge in [-0.15, -0.1) is 0 Å². The molecule has 1 aromatic heterocycles. The molecule has 29 heavy (non-hydrogen) atoms. The highest BCUT2D eigenvalue weighted by Crippen LogP contribution is 2.31. The molecule has 0 atom stereocenters. The fourth-order valence-corrected chi connectivity index (χ4v) is 3.95. The maximum Gasteiger partial charge on any atom is 0.259 e. The topological polar surface area (TPSA) is 59.0 Å². The second kappa shape index (κ2) is 8.39. The van der Waals surface area contributed by atoms with E-state index < -0.39 is 0 Å². The van der Waals surface area contributed by atoms with Gasteiger partial charge in [-0.25, -0.2) is 4.68 Å². The number of nitrogens with zero attached hydrogens (tertiary/aromatic N) is 2. The summed E-state index contributed by atoms with van der Waals surface area (Å²) in [5.41, 5.74) is 5.41. The lowest BCUT2D eigenvalue weighted by molar-refractivity contribution is 0.102. The summed E-state index contributed by atoms with van der Waals surface area (Å²) in [5, 5.41) is 11.7. The second-order valence-electron chi connectivity index (χ2n) is 7.63. The number of benzene rings is 2. The molecule has 150 valence electrons. The molecule has 4 rings (SSSR count). The smallest absolute Gasteiger partial charge is 0.259 e. The van der Waals surface area contributed by atoms with Crippen LogP contribution in [0.4, 0.5) is 5.69 Å². The number of carbonyl (C=O) groups excluding carboxylic acids is 1. The van der Waals surface area contributed by atoms with Crippen LogP contribution in [0.1, 0.15) is 45.9 Å². The van der Waals surface area contributed by atoms with Gasteiger partial charge in [-0.05, 0) is 69.6 Å². The van der Waals surface area contributed by atoms with E-state index in [0.29, 0.717) is 10.6 Å². The molecule has 1 aliphatic rings. The van der Waals surface area contributed by atoms with E-state index in [-0.39, 0.29) is 11.8 Å². The number of hydrogen-bond donors (Lipinski definition) is 2. The quantitative estimate of drug-likeness (QED) is 0.648. The Morgan fingerprint density at radius 3 is 2.55 bits per heavy atom. The molecule has 1 fully saturated rings. The molecule has 2 heterocycles. The molecule has 0 aliphatic carbocycles. The first-order chi connectivity index (χ1) is 14.0. The van der Waals surface area contributed by atoms with Crippen LogP contribution in [0.2, 0.25) is 5.02 Å². The van der Waals surface area contributed by atoms with Crippen LogP contribution in [-0.4, -0.2) is 28.8 Å². The van der Waals surface area contributed by atoms with Crippen LogP contribution < -0.4 is 10.6 Å². The van der Waals surface area contributed by atoms with Gasteiger partial charge in [-0.3, -0.25) is 4.79 Å². The minimum absolute atomic E-state index is 0.133. The van der Waals surface area contributed by atoms with Gasteiger partial charge in [-0.1, -0.05) is 35.4 Å². The molecule has 0 radical (unpaired) electrons. The van der Waals surface area contributed by atoms with E-state index in [2.05, 4.69) is 15.7 Å². The number of halogens is 1. The molecule has 3 aromatic rings. The third-order valence-corrected chi connectivity index (χ3v) is 5.89. The molecule has 0 bridgehead atoms. The van der Waals surface area contributed by atoms with E-state index in [1.807, 2.05) is 61.0 Å². The molecule has 0 unspecified atom stereocenters. The van der Waals surface area contributed by atoms with Crippen molar-refractivity contribution in [3.63, 3.8) is 0 Å². The normalized spacial score (nSPS) is 14.7. The summed E-state index contributed by atoms with van der Waals surface area (Å²) in [6, 6.07) is 13.7. The molecular weight excluding hydrogens is 384 g/mol. The molecule has 1 saturated heterocycles. The van der Waals surface area contributed by atoms with Crippen molar-refractivity contribution < 1.29 is 4.79 Å². The third kappa shape index (κ3) is 4.21. The first-order valence-electron chi connectivity index (χ1n) is 9.96. The molecule has 1 amide bonds. The lowest BCUT2D eigenvalue weighted by atomic mass is 9.91. The standard InChI is InChI=1S/C23H25ClN4O/c1-15-3-6-18(7-4-15)27-23(29)20-14-26-28(19-8-5-16(2)21(24)13-19)22(20)17-9-11-25-12-10-17/h3-8,13-14,17,25H,9-12H2,1-2H3,(H,27,29). The molecule has 2 aromatic carbocycles. The van der Waals surface area contributed by atoms with Crippen molar-refractivity contribution in [2.24, 2.45) is 0 Å². The van der Waals surface area contributed by atoms with Crippen LogP contribution >= 0.6 is 11.6 Å². The van der Waals surface area contributed by atoms with Gasteiger partial charge < -0.3 is 10.6 Å². The van der Waals surface area contributed by atoms with Crippen molar-refractivity contribution in [2.45, 2.75) is 32.6 Å². The fourth-order valence-electron chi connectivity index (χ4n) is 3.78. The van der Waals surface area contributed by atoms with E-state index in [9.17, 15) is 4.79 Å². The number of hydrogen-bond acceptors (Lipinski definition) is 3. The van der Waals surface area contributed by atoms with Crippen LogP contribution in [0, 0.1) is 13.8 Å². The fraction of sp³-hybridized carbons (Fsp3) is 0.304. The highest BCUT2D eigenvalue weighted by Gasteiger charge is 2.27. The van der Waals surface area contributed by atoms with Gasteiger partial charge in [0.1, 0.15) is 0 Å². The monoisotopic (exact) mass is 408 g/mol. The Labute approximate surface area is 176 Å². The second-order valence-corrected chi connectivity index (χ2v) is 8.04. The van der Waals surface area contributed by atoms with Gasteiger partial charge in [-0.2, -0.15) is 5.10 Å². The average molecular weight is 409 g/mol. The van der Waals surface area contributed by atoms with E-state index in [1.54, 1.807) is 6.20 Å². The van der Waals surface area contributed by atoms with Crippen molar-refractivity contribution in [1.29, 1.82) is 0 Å². The highest BCUT2D eigenvalue weighted by molar-refractivity contribution is 6.31. The third-order valence-electron chi connectivity index (χ3n) is 5.49. The van der Waals surface area contributed by atoms with Gasteiger partial charge in [0.2, 0.25) is 0 Å². The molecule has 1 aliphatic heterocycles. The number of aryl methyl sites for hydroxylation is 2. The lowest BCUT2D eigenvalue weighted by Crippen LogP contribution is -2.29. The zero-order chi connectivity index (χ0) is 20.4. The molecule has 0 spiro atoms. The minimum atomic E-state index is -0.133. The number of carbonyl (C=O) groups is 1. The maximum atomic E-state index is 13.1. The van der Waals surface area contributed by atoms with Crippen LogP contribution in [0.15, 0.2) is 48.7 Å². The molecular formula is C23H25ClN4O. The first-order valence-corrected chi connectivity index (χ1v) is 10.3. The SMILES string of the molecule is Cc1ccc(NC(=O)c2cnn(-c3ccc(C)c(Cl)c3)c2C2CCNCC2)cc1. The number of amides is 1. The highest BCUT2D eigenvalue weighted by atomic mass is 35.5. The summed E-state index contributed by atoms with van der Waals surface area (Å²) in [6.07, 6.45) is 3.61. The predicted molar refractivity (Wildman–Crippen MR) is 117 cm³/mol. The largest absolute Gasteiger partial charge is 0.322 e. The Morgan fingerprint density at radius 1 is 1.14 bits per heavy atom. The number of aromatic nitrogens is 2. The number of nitrogens with one attached hydrogen (secondary N) is 2. The van der Waals surface area contributed by atoms with Crippen LogP contribution in [0.5, 0.6) is 0 Å². The van der Waals surface area contributed by atoms with Gasteiger partial charge in [0.25, 0.3) is 5.91 Å². The summed E-state index contributed by atoms with van der Waals surface area (Å²) in [6.45, 7) is 5.87. The number of rotatable bonds is 4. The van der Waals surface area contributed by atoms with Crippen molar-refractivity contribution >= 4 is 23.2 Å². The Balaban J connectivity index is 1.72. The average Bonchev–Trinajstić information content (AvgIpc) is 3.18. The van der Waals surface area contributed by atoms with Crippen LogP contribution in [0.3, 0.4) is 0 Å². The van der Waals surface area contributed by atoms with E-state index in [0.717, 1.165) is 54.1 Å². The Hall–Kier alpha value is -2.63. The molecule has 0 saturated carbocycles. The summed E-state index contributed by atoms with van der Waals surface area (Å²) < 4.78 is 1.88. The zero-order valence-electron chi connectivity index (χ0n) is 16.7. The Kier molecular flexibility index (Phi) is 5.69. The van der Waals surface area contributed by atoms with Crippen molar-refractivity contribution in [3.8, 4) is 5.69 Å². The summed E-state index contributed by atoms with van der Waals surface area (Å²) in [4.78, 5) is 13.1. The van der Waals surface area contributed by atoms with E-state index in [4.69, 9.17) is 11.6 Å². The van der Waals surface area contributed by atoms with Gasteiger partial charge in [0.05, 0.1) is 23.1 Å². The number of piperidine rings is 1. The van der Waals surface area contributed by atoms with Crippen LogP contribution in [-0.2, 0) is 0 Å². The Bertz CT molecular complexity index is 1020. The predicted octanol–water partition coefficient (Wildman–Crippen LogP) is 4.86. The minimum Gasteiger partial charge on any atom is -0.322 e. The van der Waals surface area contributed by atoms with Crippen LogP contribution in [0.25, 0.3) is 5.69 Å². The summed E-state index contributed by atoms with van der Waals surface area (Å²) in [5.74, 6) is 0.129. The van der Waals surface area contributed by atoms with Gasteiger partial charge >= 0.3 is 0 Å². The molecule has 2 N–H and O–H groups in total. The first kappa shape index (κ1) is 19.7. The lowest BCUT2D eigenvalue weighted by Gasteiger charge is -2.25. The van der Waals surface area contributed by atoms with Gasteiger partial charge in [0.15, 0.2) is 0 Å². The zero-order valence-corrected chi connectivity index (χ0v) is 17.5. The number of anilines is 1. The van der Waals surface area contributed by atoms with Gasteiger partial charge in [0, 0.05) is 16.6 Å². The van der Waals surface area contributed by atoms with E-state index in [1.165, 1.54) is 0 Å². The molecule has 6 heteroatoms. The summed E-state index contributed by atoms with van der Waals surface area (Å²) in [7, 11) is 0. The Morgan fingerprint density at radius 2 is 1.86 bits per heavy atom.